The summed E-state index contributed by atoms with van der Waals surface area (Å²) in [7, 11) is 0. The van der Waals surface area contributed by atoms with E-state index in [1.165, 1.54) is 0 Å². The minimum absolute atomic E-state index is 0. The zero-order valence-corrected chi connectivity index (χ0v) is 13.1. The summed E-state index contributed by atoms with van der Waals surface area (Å²) in [5.74, 6) is 0. The van der Waals surface area contributed by atoms with Gasteiger partial charge in [0.1, 0.15) is 5.60 Å². The molecule has 0 aromatic rings. The molecular formula is C10H21LaNO. The van der Waals surface area contributed by atoms with E-state index >= 15 is 0 Å². The van der Waals surface area contributed by atoms with Crippen LogP contribution in [0.15, 0.2) is 4.99 Å². The second-order valence-corrected chi connectivity index (χ2v) is 3.55. The molecule has 0 aliphatic heterocycles. The molecule has 75 valence electrons. The molecule has 0 spiro atoms. The first-order chi connectivity index (χ1) is 5.46. The molecule has 1 N–H and O–H groups in total. The number of hydrogen-bond donors (Lipinski definition) is 1. The van der Waals surface area contributed by atoms with Crippen molar-refractivity contribution in [1.82, 2.24) is 0 Å². The molecule has 0 unspecified atom stereocenters. The van der Waals surface area contributed by atoms with Crippen molar-refractivity contribution in [2.45, 2.75) is 59.1 Å². The average molecular weight is 310 g/mol. The van der Waals surface area contributed by atoms with Gasteiger partial charge in [0.25, 0.3) is 0 Å². The molecule has 0 aliphatic carbocycles. The summed E-state index contributed by atoms with van der Waals surface area (Å²) in [5.41, 5.74) is 0.187. The summed E-state index contributed by atoms with van der Waals surface area (Å²) >= 11 is 0. The molecule has 13 heavy (non-hydrogen) atoms. The van der Waals surface area contributed by atoms with Gasteiger partial charge in [0.05, 0.1) is 0 Å². The molecule has 2 nitrogen and oxygen atoms in total. The fraction of sp³-hybridized carbons (Fsp3) is 0.900. The van der Waals surface area contributed by atoms with Crippen LogP contribution in [0.1, 0.15) is 47.5 Å². The van der Waals surface area contributed by atoms with Gasteiger partial charge in [-0.05, 0) is 33.6 Å². The second kappa shape index (κ2) is 7.16. The molecule has 0 aromatic carbocycles. The Morgan fingerprint density at radius 3 is 1.92 bits per heavy atom. The van der Waals surface area contributed by atoms with Crippen LogP contribution >= 0.6 is 0 Å². The van der Waals surface area contributed by atoms with Crippen molar-refractivity contribution in [3.05, 3.63) is 0 Å². The first-order valence-electron chi connectivity index (χ1n) is 4.73. The monoisotopic (exact) mass is 310 g/mol. The van der Waals surface area contributed by atoms with Crippen molar-refractivity contribution >= 4 is 5.71 Å². The molecule has 3 heteroatoms. The van der Waals surface area contributed by atoms with E-state index in [9.17, 15) is 5.11 Å². The summed E-state index contributed by atoms with van der Waals surface area (Å²) in [6.45, 7) is 9.93. The van der Waals surface area contributed by atoms with E-state index in [1.807, 2.05) is 34.6 Å². The van der Waals surface area contributed by atoms with Crippen molar-refractivity contribution < 1.29 is 40.7 Å². The molecule has 0 atom stereocenters. The second-order valence-electron chi connectivity index (χ2n) is 3.55. The van der Waals surface area contributed by atoms with Gasteiger partial charge in [0.2, 0.25) is 0 Å². The van der Waals surface area contributed by atoms with Crippen LogP contribution in [0.25, 0.3) is 0 Å². The van der Waals surface area contributed by atoms with E-state index in [4.69, 9.17) is 0 Å². The van der Waals surface area contributed by atoms with Crippen LogP contribution in [0.2, 0.25) is 0 Å². The smallest absolute Gasteiger partial charge is 0.101 e. The molecule has 0 saturated heterocycles. The Kier molecular flexibility index (Phi) is 8.96. The Balaban J connectivity index is 0. The first-order valence-corrected chi connectivity index (χ1v) is 4.73. The fourth-order valence-corrected chi connectivity index (χ4v) is 1.27. The first kappa shape index (κ1) is 16.3. The average Bonchev–Trinajstić information content (AvgIpc) is 2.02. The summed E-state index contributed by atoms with van der Waals surface area (Å²) < 4.78 is 0. The predicted octanol–water partition coefficient (Wildman–Crippen LogP) is 2.41. The van der Waals surface area contributed by atoms with Gasteiger partial charge in [0, 0.05) is 47.4 Å². The van der Waals surface area contributed by atoms with E-state index in [0.717, 1.165) is 18.6 Å². The summed E-state index contributed by atoms with van der Waals surface area (Å²) in [6, 6.07) is 0.273. The van der Waals surface area contributed by atoms with E-state index in [1.54, 1.807) is 0 Å². The van der Waals surface area contributed by atoms with Crippen LogP contribution in [-0.4, -0.2) is 22.5 Å². The SMILES string of the molecule is CCC(O)(CC)C(C)=NC(C)C.[La]. The molecule has 0 heterocycles. The van der Waals surface area contributed by atoms with Crippen LogP contribution in [0.3, 0.4) is 0 Å². The normalized spacial score (nSPS) is 13.0. The summed E-state index contributed by atoms with van der Waals surface area (Å²) in [6.07, 6.45) is 1.48. The van der Waals surface area contributed by atoms with Crippen LogP contribution in [0.5, 0.6) is 0 Å². The van der Waals surface area contributed by atoms with Crippen molar-refractivity contribution in [1.29, 1.82) is 0 Å². The van der Waals surface area contributed by atoms with Crippen molar-refractivity contribution in [3.8, 4) is 0 Å². The van der Waals surface area contributed by atoms with Crippen LogP contribution in [-0.2, 0) is 0 Å². The summed E-state index contributed by atoms with van der Waals surface area (Å²) in [5, 5.41) is 10.0. The topological polar surface area (TPSA) is 32.6 Å². The number of hydrogen-bond acceptors (Lipinski definition) is 2. The molecule has 0 bridgehead atoms. The van der Waals surface area contributed by atoms with Gasteiger partial charge < -0.3 is 5.11 Å². The maximum atomic E-state index is 10.0. The van der Waals surface area contributed by atoms with Crippen molar-refractivity contribution in [2.24, 2.45) is 4.99 Å². The Labute approximate surface area is 110 Å². The molecule has 0 amide bonds. The molecule has 0 fully saturated rings. The molecular weight excluding hydrogens is 289 g/mol. The Bertz CT molecular complexity index is 162. The number of rotatable bonds is 4. The minimum Gasteiger partial charge on any atom is -0.384 e. The fourth-order valence-electron chi connectivity index (χ4n) is 1.27. The Morgan fingerprint density at radius 1 is 1.31 bits per heavy atom. The largest absolute Gasteiger partial charge is 0.384 e. The zero-order chi connectivity index (χ0) is 9.78. The number of aliphatic hydroxyl groups is 1. The predicted molar refractivity (Wildman–Crippen MR) is 53.8 cm³/mol. The third-order valence-corrected chi connectivity index (χ3v) is 2.30. The Hall–Kier alpha value is 0.825. The quantitative estimate of drug-likeness (QED) is 0.795. The standard InChI is InChI=1S/C10H21NO.La/c1-6-10(12,7-2)9(5)11-8(3)4;/h8,12H,6-7H2,1-5H3;. The van der Waals surface area contributed by atoms with Gasteiger partial charge in [-0.25, -0.2) is 0 Å². The van der Waals surface area contributed by atoms with E-state index in [0.29, 0.717) is 0 Å². The van der Waals surface area contributed by atoms with Gasteiger partial charge in [-0.1, -0.05) is 13.8 Å². The third kappa shape index (κ3) is 5.31. The van der Waals surface area contributed by atoms with Crippen LogP contribution in [0, 0.1) is 35.6 Å². The molecule has 0 aliphatic rings. The molecule has 0 aromatic heterocycles. The Morgan fingerprint density at radius 2 is 1.69 bits per heavy atom. The third-order valence-electron chi connectivity index (χ3n) is 2.30. The van der Waals surface area contributed by atoms with E-state index in [-0.39, 0.29) is 41.6 Å². The zero-order valence-electron chi connectivity index (χ0n) is 9.46. The van der Waals surface area contributed by atoms with Crippen LogP contribution in [0.4, 0.5) is 0 Å². The van der Waals surface area contributed by atoms with E-state index < -0.39 is 5.60 Å². The maximum Gasteiger partial charge on any atom is 0.101 e. The van der Waals surface area contributed by atoms with Gasteiger partial charge in [-0.15, -0.1) is 0 Å². The molecule has 0 saturated carbocycles. The van der Waals surface area contributed by atoms with Gasteiger partial charge in [-0.2, -0.15) is 0 Å². The summed E-state index contributed by atoms with van der Waals surface area (Å²) in [4.78, 5) is 4.36. The number of nitrogens with zero attached hydrogens (tertiary/aromatic N) is 1. The van der Waals surface area contributed by atoms with Crippen LogP contribution < -0.4 is 0 Å². The van der Waals surface area contributed by atoms with Gasteiger partial charge in [-0.3, -0.25) is 4.99 Å². The maximum absolute atomic E-state index is 10.0. The van der Waals surface area contributed by atoms with Crippen molar-refractivity contribution in [2.75, 3.05) is 0 Å². The number of aliphatic imine (C=N–C) groups is 1. The van der Waals surface area contributed by atoms with Gasteiger partial charge >= 0.3 is 0 Å². The van der Waals surface area contributed by atoms with Crippen molar-refractivity contribution in [3.63, 3.8) is 0 Å². The van der Waals surface area contributed by atoms with E-state index in [2.05, 4.69) is 4.99 Å². The van der Waals surface area contributed by atoms with Gasteiger partial charge in [0.15, 0.2) is 0 Å². The molecule has 1 radical (unpaired) electrons. The minimum atomic E-state index is -0.676. The molecule has 0 rings (SSSR count).